The van der Waals surface area contributed by atoms with Crippen LogP contribution in [0.25, 0.3) is 11.3 Å². The molecule has 1 fully saturated rings. The van der Waals surface area contributed by atoms with Crippen LogP contribution in [0.15, 0.2) is 30.3 Å². The quantitative estimate of drug-likeness (QED) is 0.932. The molecular weight excluding hydrogens is 314 g/mol. The van der Waals surface area contributed by atoms with Crippen LogP contribution in [-0.2, 0) is 22.4 Å². The van der Waals surface area contributed by atoms with Crippen molar-refractivity contribution in [3.05, 3.63) is 41.6 Å². The predicted molar refractivity (Wildman–Crippen MR) is 96.2 cm³/mol. The molecule has 1 aliphatic heterocycles. The third kappa shape index (κ3) is 2.86. The van der Waals surface area contributed by atoms with E-state index in [4.69, 9.17) is 4.74 Å². The fourth-order valence-electron chi connectivity index (χ4n) is 4.16. The zero-order valence-corrected chi connectivity index (χ0v) is 14.8. The van der Waals surface area contributed by atoms with Gasteiger partial charge in [0.25, 0.3) is 0 Å². The van der Waals surface area contributed by atoms with Crippen LogP contribution >= 0.6 is 0 Å². The van der Waals surface area contributed by atoms with E-state index in [1.54, 1.807) is 7.11 Å². The Balaban J connectivity index is 1.53. The van der Waals surface area contributed by atoms with Crippen LogP contribution in [0.2, 0.25) is 0 Å². The number of carbonyl (C=O) groups excluding carboxylic acids is 1. The predicted octanol–water partition coefficient (Wildman–Crippen LogP) is 2.82. The number of fused-ring (bicyclic) bond motifs is 1. The van der Waals surface area contributed by atoms with Crippen molar-refractivity contribution >= 4 is 5.91 Å². The molecule has 2 heterocycles. The number of H-pyrrole nitrogens is 1. The number of amides is 1. The molecule has 0 saturated heterocycles. The first kappa shape index (κ1) is 16.3. The Hall–Kier alpha value is -2.14. The van der Waals surface area contributed by atoms with E-state index >= 15 is 0 Å². The lowest BCUT2D eigenvalue weighted by Gasteiger charge is -2.42. The van der Waals surface area contributed by atoms with E-state index in [1.165, 1.54) is 11.3 Å². The number of ether oxygens (including phenoxy) is 1. The van der Waals surface area contributed by atoms with Gasteiger partial charge in [-0.1, -0.05) is 36.8 Å². The van der Waals surface area contributed by atoms with E-state index in [9.17, 15) is 4.79 Å². The molecule has 1 aromatic heterocycles. The van der Waals surface area contributed by atoms with E-state index in [0.717, 1.165) is 56.5 Å². The van der Waals surface area contributed by atoms with Crippen molar-refractivity contribution < 1.29 is 9.53 Å². The summed E-state index contributed by atoms with van der Waals surface area (Å²) in [7, 11) is 1.69. The number of hydrogen-bond acceptors (Lipinski definition) is 3. The highest BCUT2D eigenvalue weighted by atomic mass is 16.5. The Morgan fingerprint density at radius 1 is 1.24 bits per heavy atom. The van der Waals surface area contributed by atoms with Gasteiger partial charge in [-0.15, -0.1) is 0 Å². The maximum atomic E-state index is 13.1. The number of benzene rings is 1. The largest absolute Gasteiger partial charge is 0.384 e. The first-order valence-electron chi connectivity index (χ1n) is 9.13. The molecule has 2 aliphatic rings. The van der Waals surface area contributed by atoms with Crippen molar-refractivity contribution in [2.45, 2.75) is 32.1 Å². The van der Waals surface area contributed by atoms with Crippen LogP contribution in [0.5, 0.6) is 0 Å². The van der Waals surface area contributed by atoms with Gasteiger partial charge >= 0.3 is 0 Å². The Bertz CT molecular complexity index is 750. The summed E-state index contributed by atoms with van der Waals surface area (Å²) in [5, 5.41) is 7.74. The lowest BCUT2D eigenvalue weighted by Crippen LogP contribution is -2.51. The topological polar surface area (TPSA) is 58.2 Å². The second-order valence-electron chi connectivity index (χ2n) is 7.25. The Morgan fingerprint density at radius 3 is 2.68 bits per heavy atom. The molecule has 0 radical (unpaired) electrons. The fourth-order valence-corrected chi connectivity index (χ4v) is 4.16. The minimum absolute atomic E-state index is 0.271. The molecule has 0 unspecified atom stereocenters. The third-order valence-electron chi connectivity index (χ3n) is 5.74. The van der Waals surface area contributed by atoms with Gasteiger partial charge in [-0.25, -0.2) is 0 Å². The first-order valence-corrected chi connectivity index (χ1v) is 9.13. The number of nitrogens with one attached hydrogen (secondary N) is 1. The van der Waals surface area contributed by atoms with E-state index in [1.807, 2.05) is 23.1 Å². The number of rotatable bonds is 4. The molecule has 0 bridgehead atoms. The van der Waals surface area contributed by atoms with Crippen molar-refractivity contribution in [3.63, 3.8) is 0 Å². The SMILES string of the molecule is COCC1(C(=O)N2CCc3[nH]nc(-c4ccccc4)c3CC2)CCC1. The van der Waals surface area contributed by atoms with Gasteiger partial charge in [-0.05, 0) is 19.3 Å². The lowest BCUT2D eigenvalue weighted by molar-refractivity contribution is -0.152. The van der Waals surface area contributed by atoms with E-state index in [2.05, 4.69) is 22.3 Å². The molecule has 1 aliphatic carbocycles. The van der Waals surface area contributed by atoms with Crippen LogP contribution in [0.4, 0.5) is 0 Å². The molecule has 0 spiro atoms. The summed E-state index contributed by atoms with van der Waals surface area (Å²) in [5.41, 5.74) is 4.32. The molecule has 0 atom stereocenters. The Kier molecular flexibility index (Phi) is 4.34. The molecule has 1 amide bonds. The van der Waals surface area contributed by atoms with Crippen LogP contribution in [0, 0.1) is 5.41 Å². The van der Waals surface area contributed by atoms with E-state index in [0.29, 0.717) is 6.61 Å². The molecule has 1 N–H and O–H groups in total. The summed E-state index contributed by atoms with van der Waals surface area (Å²) in [4.78, 5) is 15.1. The van der Waals surface area contributed by atoms with Gasteiger partial charge in [0, 0.05) is 43.4 Å². The minimum Gasteiger partial charge on any atom is -0.384 e. The minimum atomic E-state index is -0.271. The van der Waals surface area contributed by atoms with Crippen molar-refractivity contribution in [1.82, 2.24) is 15.1 Å². The summed E-state index contributed by atoms with van der Waals surface area (Å²) in [6.07, 6.45) is 4.73. The molecule has 4 rings (SSSR count). The Morgan fingerprint density at radius 2 is 2.00 bits per heavy atom. The highest BCUT2D eigenvalue weighted by Crippen LogP contribution is 2.43. The van der Waals surface area contributed by atoms with Gasteiger partial charge in [-0.3, -0.25) is 9.89 Å². The van der Waals surface area contributed by atoms with Gasteiger partial charge in [0.2, 0.25) is 5.91 Å². The number of aromatic amines is 1. The number of hydrogen-bond donors (Lipinski definition) is 1. The maximum Gasteiger partial charge on any atom is 0.231 e. The molecule has 132 valence electrons. The number of aromatic nitrogens is 2. The zero-order valence-electron chi connectivity index (χ0n) is 14.8. The monoisotopic (exact) mass is 339 g/mol. The van der Waals surface area contributed by atoms with Gasteiger partial charge in [0.05, 0.1) is 17.7 Å². The van der Waals surface area contributed by atoms with Gasteiger partial charge in [0.1, 0.15) is 0 Å². The smallest absolute Gasteiger partial charge is 0.231 e. The average molecular weight is 339 g/mol. The molecule has 1 saturated carbocycles. The van der Waals surface area contributed by atoms with E-state index in [-0.39, 0.29) is 11.3 Å². The van der Waals surface area contributed by atoms with Crippen LogP contribution in [0.1, 0.15) is 30.5 Å². The van der Waals surface area contributed by atoms with Crippen molar-refractivity contribution in [3.8, 4) is 11.3 Å². The maximum absolute atomic E-state index is 13.1. The van der Waals surface area contributed by atoms with Gasteiger partial charge < -0.3 is 9.64 Å². The molecule has 1 aromatic carbocycles. The molecule has 5 heteroatoms. The second kappa shape index (κ2) is 6.64. The zero-order chi connectivity index (χ0) is 17.3. The fraction of sp³-hybridized carbons (Fsp3) is 0.500. The van der Waals surface area contributed by atoms with Crippen molar-refractivity contribution in [1.29, 1.82) is 0 Å². The standard InChI is InChI=1S/C20H25N3O2/c1-25-14-20(10-5-11-20)19(24)23-12-8-16-17(9-13-23)21-22-18(16)15-6-3-2-4-7-15/h2-4,6-7H,5,8-14H2,1H3,(H,21,22). The normalized spacial score (nSPS) is 19.0. The lowest BCUT2D eigenvalue weighted by atomic mass is 9.68. The number of nitrogens with zero attached hydrogens (tertiary/aromatic N) is 2. The molecular formula is C20H25N3O2. The van der Waals surface area contributed by atoms with Crippen LogP contribution in [-0.4, -0.2) is 47.8 Å². The summed E-state index contributed by atoms with van der Waals surface area (Å²) >= 11 is 0. The third-order valence-corrected chi connectivity index (χ3v) is 5.74. The van der Waals surface area contributed by atoms with E-state index < -0.39 is 0 Å². The highest BCUT2D eigenvalue weighted by Gasteiger charge is 2.46. The molecule has 25 heavy (non-hydrogen) atoms. The average Bonchev–Trinajstić information content (AvgIpc) is 2.90. The van der Waals surface area contributed by atoms with Crippen LogP contribution in [0.3, 0.4) is 0 Å². The Labute approximate surface area is 148 Å². The highest BCUT2D eigenvalue weighted by molar-refractivity contribution is 5.84. The summed E-state index contributed by atoms with van der Waals surface area (Å²) < 4.78 is 5.35. The summed E-state index contributed by atoms with van der Waals surface area (Å²) in [5.74, 6) is 0.278. The van der Waals surface area contributed by atoms with Gasteiger partial charge in [0.15, 0.2) is 0 Å². The second-order valence-corrected chi connectivity index (χ2v) is 7.25. The van der Waals surface area contributed by atoms with Gasteiger partial charge in [-0.2, -0.15) is 5.10 Å². The van der Waals surface area contributed by atoms with Crippen LogP contribution < -0.4 is 0 Å². The first-order chi connectivity index (χ1) is 12.2. The van der Waals surface area contributed by atoms with Crippen molar-refractivity contribution in [2.24, 2.45) is 5.41 Å². The summed E-state index contributed by atoms with van der Waals surface area (Å²) in [6.45, 7) is 2.06. The number of methoxy groups -OCH3 is 1. The number of carbonyl (C=O) groups is 1. The molecule has 2 aromatic rings. The van der Waals surface area contributed by atoms with Crippen molar-refractivity contribution in [2.75, 3.05) is 26.8 Å². The summed E-state index contributed by atoms with van der Waals surface area (Å²) in [6, 6.07) is 10.3. The molecule has 5 nitrogen and oxygen atoms in total.